The van der Waals surface area contributed by atoms with Crippen LogP contribution in [0.4, 0.5) is 0 Å². The van der Waals surface area contributed by atoms with Crippen molar-refractivity contribution < 1.29 is 39.4 Å². The van der Waals surface area contributed by atoms with E-state index in [2.05, 4.69) is 267 Å². The summed E-state index contributed by atoms with van der Waals surface area (Å²) in [4.78, 5) is 2.00. The lowest BCUT2D eigenvalue weighted by molar-refractivity contribution is -0.0304. The molecular weight excluding hydrogens is 1190 g/mol. The van der Waals surface area contributed by atoms with Crippen LogP contribution >= 0.6 is 0 Å². The topological polar surface area (TPSA) is 171 Å². The molecule has 0 heterocycles. The molecule has 0 bridgehead atoms. The number of ether oxygens (including phenoxy) is 4. The minimum Gasteiger partial charge on any atom is -0.389 e. The van der Waals surface area contributed by atoms with Crippen molar-refractivity contribution in [2.24, 2.45) is 5.73 Å². The summed E-state index contributed by atoms with van der Waals surface area (Å²) in [6.07, 6.45) is -4.01. The molecule has 0 amide bonds. The number of benzene rings is 8. The van der Waals surface area contributed by atoms with Gasteiger partial charge in [-0.2, -0.15) is 0 Å². The predicted octanol–water partition coefficient (Wildman–Crippen LogP) is 14.0. The van der Waals surface area contributed by atoms with Gasteiger partial charge in [0.25, 0.3) is 0 Å². The van der Waals surface area contributed by atoms with Gasteiger partial charge in [-0.15, -0.1) is 0 Å². The maximum atomic E-state index is 11.3. The average Bonchev–Trinajstić information content (AvgIpc) is 0.820. The van der Waals surface area contributed by atoms with E-state index in [1.54, 1.807) is 0 Å². The molecule has 0 spiro atoms. The Morgan fingerprint density at radius 3 is 0.625 bits per heavy atom. The molecule has 0 saturated carbocycles. The maximum Gasteiger partial charge on any atom is 0.109 e. The van der Waals surface area contributed by atoms with Crippen LogP contribution in [0.15, 0.2) is 146 Å². The van der Waals surface area contributed by atoms with Crippen LogP contribution in [0.5, 0.6) is 0 Å². The van der Waals surface area contributed by atoms with Gasteiger partial charge in [0.1, 0.15) is 24.4 Å². The molecule has 0 aliphatic rings. The van der Waals surface area contributed by atoms with Crippen molar-refractivity contribution in [3.8, 4) is 0 Å². The third kappa shape index (κ3) is 20.7. The van der Waals surface area contributed by atoms with Gasteiger partial charge in [0.2, 0.25) is 0 Å². The molecule has 8 aromatic carbocycles. The molecule has 96 heavy (non-hydrogen) atoms. The van der Waals surface area contributed by atoms with Gasteiger partial charge in [-0.3, -0.25) is 4.90 Å². The van der Waals surface area contributed by atoms with Gasteiger partial charge in [0.05, 0.1) is 50.8 Å². The van der Waals surface area contributed by atoms with Gasteiger partial charge >= 0.3 is 0 Å². The standard InChI is InChI=1S/2C42H56N2O4/c1-27-13-9-14-28(2)37(27)41(38-29(3)15-10-16-30(38)4)47-25-35(45)23-44(22-21-43)24-36(46)26-48-42(39-31(5)17-11-18-32(39)6)40-33(7)19-12-20-34(40)8;1-27-13-9-14-28(2)37(27)41(38-29(3)15-10-16-30(38)4)47-25-35(45)23-43-21-22-44-24-36(46)26-48-42(39-31(5)17-11-18-32(39)6)40-33(7)19-12-20-34(40)8/h9-20,35-36,41-42,45-46H,21-26,43H2,1-8H3;9-20,35-36,41-46H,21-26H2,1-8H3. The summed E-state index contributed by atoms with van der Waals surface area (Å²) in [5.74, 6) is 0. The quantitative estimate of drug-likeness (QED) is 0.0195. The Labute approximate surface area is 575 Å². The zero-order valence-electron chi connectivity index (χ0n) is 60.4. The highest BCUT2D eigenvalue weighted by Gasteiger charge is 2.29. The Morgan fingerprint density at radius 1 is 0.292 bits per heavy atom. The van der Waals surface area contributed by atoms with Crippen molar-refractivity contribution >= 4 is 0 Å². The molecule has 0 saturated heterocycles. The van der Waals surface area contributed by atoms with Gasteiger partial charge in [0.15, 0.2) is 0 Å². The zero-order chi connectivity index (χ0) is 69.8. The number of hydrogen-bond donors (Lipinski definition) is 7. The average molecular weight is 1310 g/mol. The molecule has 8 rings (SSSR count). The highest BCUT2D eigenvalue weighted by atomic mass is 16.5. The Hall–Kier alpha value is -6.72. The van der Waals surface area contributed by atoms with E-state index in [0.717, 1.165) is 89.0 Å². The summed E-state index contributed by atoms with van der Waals surface area (Å²) in [6.45, 7) is 38.2. The van der Waals surface area contributed by atoms with Crippen molar-refractivity contribution in [3.05, 3.63) is 279 Å². The largest absolute Gasteiger partial charge is 0.389 e. The zero-order valence-corrected chi connectivity index (χ0v) is 60.4. The van der Waals surface area contributed by atoms with E-state index >= 15 is 0 Å². The minimum absolute atomic E-state index is 0.140. The number of aryl methyl sites for hydroxylation is 16. The third-order valence-corrected chi connectivity index (χ3v) is 18.9. The number of nitrogens with one attached hydrogen (secondary N) is 2. The molecule has 12 nitrogen and oxygen atoms in total. The Balaban J connectivity index is 0.000000271. The molecule has 4 atom stereocenters. The number of aliphatic hydroxyl groups excluding tert-OH is 4. The van der Waals surface area contributed by atoms with Crippen LogP contribution in [-0.2, 0) is 18.9 Å². The second kappa shape index (κ2) is 37.3. The maximum absolute atomic E-state index is 11.3. The first kappa shape index (κ1) is 76.6. The van der Waals surface area contributed by atoms with Gasteiger partial charge in [-0.1, -0.05) is 146 Å². The molecule has 516 valence electrons. The summed E-state index contributed by atoms with van der Waals surface area (Å²) in [5.41, 5.74) is 33.9. The number of aliphatic hydroxyl groups is 4. The molecule has 0 aliphatic heterocycles. The number of nitrogens with two attached hydrogens (primary N) is 1. The van der Waals surface area contributed by atoms with E-state index in [4.69, 9.17) is 24.7 Å². The summed E-state index contributed by atoms with van der Waals surface area (Å²) in [5, 5.41) is 50.9. The predicted molar refractivity (Wildman–Crippen MR) is 394 cm³/mol. The van der Waals surface area contributed by atoms with E-state index in [1.165, 1.54) is 44.5 Å². The van der Waals surface area contributed by atoms with Crippen molar-refractivity contribution in [2.75, 3.05) is 78.8 Å². The summed E-state index contributed by atoms with van der Waals surface area (Å²) in [6, 6.07) is 50.4. The molecular formula is C84H112N4O8. The summed E-state index contributed by atoms with van der Waals surface area (Å²) >= 11 is 0. The van der Waals surface area contributed by atoms with Crippen LogP contribution < -0.4 is 16.4 Å². The first-order valence-electron chi connectivity index (χ1n) is 34.4. The molecule has 8 N–H and O–H groups in total. The highest BCUT2D eigenvalue weighted by Crippen LogP contribution is 2.39. The van der Waals surface area contributed by atoms with Crippen molar-refractivity contribution in [2.45, 2.75) is 160 Å². The lowest BCUT2D eigenvalue weighted by Gasteiger charge is -2.30. The second-order valence-corrected chi connectivity index (χ2v) is 26.9. The van der Waals surface area contributed by atoms with Crippen LogP contribution in [0.3, 0.4) is 0 Å². The lowest BCUT2D eigenvalue weighted by atomic mass is 9.88. The van der Waals surface area contributed by atoms with E-state index in [1.807, 2.05) is 4.90 Å². The first-order valence-corrected chi connectivity index (χ1v) is 34.4. The molecule has 4 unspecified atom stereocenters. The summed E-state index contributed by atoms with van der Waals surface area (Å²) < 4.78 is 26.2. The Kier molecular flexibility index (Phi) is 29.8. The van der Waals surface area contributed by atoms with Crippen LogP contribution in [0.1, 0.15) is 158 Å². The smallest absolute Gasteiger partial charge is 0.109 e. The van der Waals surface area contributed by atoms with Gasteiger partial charge in [0, 0.05) is 52.4 Å². The monoisotopic (exact) mass is 1300 g/mol. The SMILES string of the molecule is Cc1cccc(C)c1C(OCC(O)CN(CCN)CC(O)COC(c1c(C)cccc1C)c1c(C)cccc1C)c1c(C)cccc1C.Cc1cccc(C)c1C(OCC(O)CNCCNCC(O)COC(c1c(C)cccc1C)c1c(C)cccc1C)c1c(C)cccc1C. The van der Waals surface area contributed by atoms with Crippen molar-refractivity contribution in [3.63, 3.8) is 0 Å². The van der Waals surface area contributed by atoms with E-state index in [9.17, 15) is 20.4 Å². The third-order valence-electron chi connectivity index (χ3n) is 18.9. The van der Waals surface area contributed by atoms with Crippen LogP contribution in [0.2, 0.25) is 0 Å². The lowest BCUT2D eigenvalue weighted by Crippen LogP contribution is -2.43. The first-order chi connectivity index (χ1) is 45.9. The molecule has 0 aliphatic carbocycles. The second-order valence-electron chi connectivity index (χ2n) is 26.9. The molecule has 8 aromatic rings. The molecule has 0 fully saturated rings. The Morgan fingerprint density at radius 2 is 0.458 bits per heavy atom. The van der Waals surface area contributed by atoms with E-state index in [-0.39, 0.29) is 50.8 Å². The van der Waals surface area contributed by atoms with Gasteiger partial charge < -0.3 is 55.7 Å². The van der Waals surface area contributed by atoms with E-state index in [0.29, 0.717) is 52.4 Å². The molecule has 0 radical (unpaired) electrons. The van der Waals surface area contributed by atoms with Gasteiger partial charge in [-0.05, 0) is 244 Å². The molecule has 0 aromatic heterocycles. The van der Waals surface area contributed by atoms with Crippen molar-refractivity contribution in [1.82, 2.24) is 15.5 Å². The van der Waals surface area contributed by atoms with Crippen LogP contribution in [-0.4, -0.2) is 129 Å². The number of nitrogens with zero attached hydrogens (tertiary/aromatic N) is 1. The van der Waals surface area contributed by atoms with Crippen LogP contribution in [0, 0.1) is 111 Å². The van der Waals surface area contributed by atoms with E-state index < -0.39 is 24.4 Å². The highest BCUT2D eigenvalue weighted by molar-refractivity contribution is 5.50. The number of rotatable bonds is 33. The fraction of sp³-hybridized carbons (Fsp3) is 0.429. The summed E-state index contributed by atoms with van der Waals surface area (Å²) in [7, 11) is 0. The van der Waals surface area contributed by atoms with Crippen molar-refractivity contribution in [1.29, 1.82) is 0 Å². The van der Waals surface area contributed by atoms with Crippen LogP contribution in [0.25, 0.3) is 0 Å². The number of hydrogen-bond acceptors (Lipinski definition) is 12. The Bertz CT molecular complexity index is 3160. The fourth-order valence-electron chi connectivity index (χ4n) is 14.0. The van der Waals surface area contributed by atoms with Gasteiger partial charge in [-0.25, -0.2) is 0 Å². The minimum atomic E-state index is -0.780. The normalized spacial score (nSPS) is 13.1. The molecule has 12 heteroatoms. The fourth-order valence-corrected chi connectivity index (χ4v) is 14.0.